The fourth-order valence-corrected chi connectivity index (χ4v) is 1.78. The summed E-state index contributed by atoms with van der Waals surface area (Å²) in [7, 11) is 1.58. The van der Waals surface area contributed by atoms with Crippen LogP contribution in [0.15, 0.2) is 48.0 Å². The van der Waals surface area contributed by atoms with Gasteiger partial charge in [-0.15, -0.1) is 0 Å². The molecule has 0 aromatic rings. The van der Waals surface area contributed by atoms with Gasteiger partial charge in [0, 0.05) is 11.8 Å². The van der Waals surface area contributed by atoms with E-state index in [9.17, 15) is 0 Å². The van der Waals surface area contributed by atoms with Crippen molar-refractivity contribution in [2.24, 2.45) is 11.6 Å². The molecular weight excluding hydrogens is 202 g/mol. The number of nitrogens with zero attached hydrogens (tertiary/aromatic N) is 1. The summed E-state index contributed by atoms with van der Waals surface area (Å²) < 4.78 is 5.19. The molecule has 0 saturated carbocycles. The van der Waals surface area contributed by atoms with E-state index in [0.29, 0.717) is 11.6 Å². The molecule has 0 aromatic heterocycles. The molecule has 16 heavy (non-hydrogen) atoms. The molecule has 0 aromatic carbocycles. The highest BCUT2D eigenvalue weighted by molar-refractivity contribution is 5.41. The van der Waals surface area contributed by atoms with Crippen LogP contribution in [0.25, 0.3) is 0 Å². The molecule has 4 nitrogen and oxygen atoms in total. The smallest absolute Gasteiger partial charge is 0.204 e. The molecule has 0 atom stereocenters. The van der Waals surface area contributed by atoms with Crippen LogP contribution in [-0.2, 0) is 4.74 Å². The maximum Gasteiger partial charge on any atom is 0.204 e. The van der Waals surface area contributed by atoms with E-state index in [4.69, 9.17) is 16.3 Å². The van der Waals surface area contributed by atoms with Crippen molar-refractivity contribution in [3.8, 4) is 0 Å². The third kappa shape index (κ3) is 1.84. The number of hydrogen-bond donors (Lipinski definition) is 2. The van der Waals surface area contributed by atoms with E-state index in [2.05, 4.69) is 0 Å². The zero-order chi connectivity index (χ0) is 12.2. The van der Waals surface area contributed by atoms with Gasteiger partial charge in [0.1, 0.15) is 5.54 Å². The van der Waals surface area contributed by atoms with Crippen molar-refractivity contribution in [1.29, 1.82) is 0 Å². The average molecular weight is 221 g/mol. The van der Waals surface area contributed by atoms with Crippen molar-refractivity contribution in [2.75, 3.05) is 7.11 Å². The molecule has 0 aliphatic carbocycles. The Bertz CT molecular complexity index is 354. The van der Waals surface area contributed by atoms with Crippen molar-refractivity contribution in [1.82, 2.24) is 5.01 Å². The van der Waals surface area contributed by atoms with Gasteiger partial charge in [-0.2, -0.15) is 0 Å². The largest absolute Gasteiger partial charge is 0.481 e. The normalized spacial score (nSPS) is 26.1. The monoisotopic (exact) mass is 221 g/mol. The molecule has 0 fully saturated rings. The van der Waals surface area contributed by atoms with Gasteiger partial charge < -0.3 is 10.5 Å². The van der Waals surface area contributed by atoms with Crippen molar-refractivity contribution in [2.45, 2.75) is 19.4 Å². The number of nitrogens with two attached hydrogens (primary N) is 2. The molecule has 4 heteroatoms. The molecule has 1 rings (SSSR count). The van der Waals surface area contributed by atoms with Crippen LogP contribution in [0.5, 0.6) is 0 Å². The number of hydrogen-bond acceptors (Lipinski definition) is 4. The van der Waals surface area contributed by atoms with E-state index in [0.717, 1.165) is 0 Å². The third-order valence-corrected chi connectivity index (χ3v) is 2.55. The van der Waals surface area contributed by atoms with Gasteiger partial charge in [0.25, 0.3) is 0 Å². The van der Waals surface area contributed by atoms with Gasteiger partial charge in [-0.3, -0.25) is 5.01 Å². The highest BCUT2D eigenvalue weighted by atomic mass is 16.5. The Labute approximate surface area is 96.5 Å². The minimum Gasteiger partial charge on any atom is -0.481 e. The Morgan fingerprint density at radius 1 is 1.25 bits per heavy atom. The summed E-state index contributed by atoms with van der Waals surface area (Å²) >= 11 is 0. The van der Waals surface area contributed by atoms with E-state index in [1.165, 1.54) is 5.01 Å². The summed E-state index contributed by atoms with van der Waals surface area (Å²) in [6, 6.07) is 0. The SMILES string of the molecule is CC=CC1(C=CC)C(N)=CC=C(OC)N1N. The molecule has 0 amide bonds. The van der Waals surface area contributed by atoms with Crippen LogP contribution in [0.2, 0.25) is 0 Å². The molecule has 1 heterocycles. The number of hydrazine groups is 1. The van der Waals surface area contributed by atoms with E-state index in [1.807, 2.05) is 44.2 Å². The first-order valence-corrected chi connectivity index (χ1v) is 5.17. The molecule has 0 spiro atoms. The Balaban J connectivity index is 3.28. The summed E-state index contributed by atoms with van der Waals surface area (Å²) in [6.45, 7) is 3.86. The predicted molar refractivity (Wildman–Crippen MR) is 65.7 cm³/mol. The number of methoxy groups -OCH3 is 1. The van der Waals surface area contributed by atoms with E-state index in [1.54, 1.807) is 13.2 Å². The Kier molecular flexibility index (Phi) is 3.79. The lowest BCUT2D eigenvalue weighted by molar-refractivity contribution is 0.112. The number of ether oxygens (including phenoxy) is 1. The zero-order valence-electron chi connectivity index (χ0n) is 9.97. The van der Waals surface area contributed by atoms with E-state index >= 15 is 0 Å². The lowest BCUT2D eigenvalue weighted by Crippen LogP contribution is -2.54. The summed E-state index contributed by atoms with van der Waals surface area (Å²) in [6.07, 6.45) is 11.3. The lowest BCUT2D eigenvalue weighted by Gasteiger charge is -2.40. The van der Waals surface area contributed by atoms with Gasteiger partial charge in [-0.1, -0.05) is 24.3 Å². The Morgan fingerprint density at radius 2 is 1.81 bits per heavy atom. The minimum atomic E-state index is -0.635. The number of allylic oxidation sites excluding steroid dienone is 4. The van der Waals surface area contributed by atoms with Gasteiger partial charge in [0.2, 0.25) is 5.88 Å². The van der Waals surface area contributed by atoms with Crippen molar-refractivity contribution in [3.63, 3.8) is 0 Å². The van der Waals surface area contributed by atoms with Crippen LogP contribution >= 0.6 is 0 Å². The van der Waals surface area contributed by atoms with Crippen LogP contribution in [0.4, 0.5) is 0 Å². The average Bonchev–Trinajstić information content (AvgIpc) is 2.27. The van der Waals surface area contributed by atoms with Gasteiger partial charge in [-0.25, -0.2) is 5.84 Å². The fourth-order valence-electron chi connectivity index (χ4n) is 1.78. The maximum atomic E-state index is 6.05. The predicted octanol–water partition coefficient (Wildman–Crippen LogP) is 1.40. The van der Waals surface area contributed by atoms with Gasteiger partial charge >= 0.3 is 0 Å². The van der Waals surface area contributed by atoms with Crippen LogP contribution in [-0.4, -0.2) is 17.7 Å². The van der Waals surface area contributed by atoms with Crippen LogP contribution in [0.3, 0.4) is 0 Å². The Hall–Kier alpha value is -1.68. The molecule has 1 aliphatic heterocycles. The highest BCUT2D eigenvalue weighted by Crippen LogP contribution is 2.30. The van der Waals surface area contributed by atoms with Crippen molar-refractivity contribution in [3.05, 3.63) is 48.0 Å². The van der Waals surface area contributed by atoms with Crippen LogP contribution in [0, 0.1) is 0 Å². The summed E-state index contributed by atoms with van der Waals surface area (Å²) in [5.41, 5.74) is 6.05. The van der Waals surface area contributed by atoms with Crippen molar-refractivity contribution >= 4 is 0 Å². The van der Waals surface area contributed by atoms with E-state index < -0.39 is 5.54 Å². The molecule has 4 N–H and O–H groups in total. The minimum absolute atomic E-state index is 0.574. The summed E-state index contributed by atoms with van der Waals surface area (Å²) in [4.78, 5) is 0. The van der Waals surface area contributed by atoms with Crippen LogP contribution in [0.1, 0.15) is 13.8 Å². The van der Waals surface area contributed by atoms with Gasteiger partial charge in [0.05, 0.1) is 7.11 Å². The second-order valence-corrected chi connectivity index (χ2v) is 3.53. The second-order valence-electron chi connectivity index (χ2n) is 3.53. The van der Waals surface area contributed by atoms with Crippen LogP contribution < -0.4 is 11.6 Å². The van der Waals surface area contributed by atoms with Crippen molar-refractivity contribution < 1.29 is 4.74 Å². The first-order chi connectivity index (χ1) is 7.62. The molecule has 1 aliphatic rings. The molecule has 0 saturated heterocycles. The number of rotatable bonds is 3. The third-order valence-electron chi connectivity index (χ3n) is 2.55. The van der Waals surface area contributed by atoms with Gasteiger partial charge in [-0.05, 0) is 19.9 Å². The fraction of sp³-hybridized carbons (Fsp3) is 0.333. The highest BCUT2D eigenvalue weighted by Gasteiger charge is 2.36. The van der Waals surface area contributed by atoms with Gasteiger partial charge in [0.15, 0.2) is 0 Å². The maximum absolute atomic E-state index is 6.05. The zero-order valence-corrected chi connectivity index (χ0v) is 9.97. The first kappa shape index (κ1) is 12.4. The lowest BCUT2D eigenvalue weighted by atomic mass is 9.91. The van der Waals surface area contributed by atoms with E-state index in [-0.39, 0.29) is 0 Å². The molecular formula is C12H19N3O. The first-order valence-electron chi connectivity index (χ1n) is 5.17. The Morgan fingerprint density at radius 3 is 2.25 bits per heavy atom. The topological polar surface area (TPSA) is 64.5 Å². The summed E-state index contributed by atoms with van der Waals surface area (Å²) in [5, 5.41) is 1.52. The molecule has 0 unspecified atom stereocenters. The summed E-state index contributed by atoms with van der Waals surface area (Å²) in [5.74, 6) is 6.62. The molecule has 0 bridgehead atoms. The molecule has 0 radical (unpaired) electrons. The quantitative estimate of drug-likeness (QED) is 0.558. The second kappa shape index (κ2) is 4.90. The molecule has 88 valence electrons. The standard InChI is InChI=1S/C12H19N3O/c1-4-8-12(9-5-2)10(13)6-7-11(16-3)15(12)14/h4-9H,13-14H2,1-3H3.